The normalized spacial score (nSPS) is 15.9. The lowest BCUT2D eigenvalue weighted by atomic mass is 9.99. The zero-order valence-electron chi connectivity index (χ0n) is 14.1. The minimum absolute atomic E-state index is 0.689. The van der Waals surface area contributed by atoms with Crippen molar-refractivity contribution in [3.05, 3.63) is 29.3 Å². The van der Waals surface area contributed by atoms with Crippen LogP contribution in [-0.2, 0) is 13.0 Å². The quantitative estimate of drug-likeness (QED) is 0.756. The van der Waals surface area contributed by atoms with E-state index >= 15 is 0 Å². The number of benzene rings is 1. The SMILES string of the molecule is CCCCC(CCC)NCc1ccc2c(c1)CCCN2C. The molecule has 118 valence electrons. The molecule has 1 aromatic carbocycles. The predicted octanol–water partition coefficient (Wildman–Crippen LogP) is 4.52. The van der Waals surface area contributed by atoms with Crippen LogP contribution in [0.15, 0.2) is 18.2 Å². The van der Waals surface area contributed by atoms with Gasteiger partial charge in [-0.25, -0.2) is 0 Å². The fraction of sp³-hybridized carbons (Fsp3) is 0.684. The van der Waals surface area contributed by atoms with Gasteiger partial charge in [0.15, 0.2) is 0 Å². The molecule has 0 aromatic heterocycles. The average molecular weight is 288 g/mol. The Morgan fingerprint density at radius 3 is 2.81 bits per heavy atom. The zero-order valence-corrected chi connectivity index (χ0v) is 14.1. The van der Waals surface area contributed by atoms with E-state index in [2.05, 4.69) is 49.3 Å². The van der Waals surface area contributed by atoms with Crippen LogP contribution in [0.5, 0.6) is 0 Å². The van der Waals surface area contributed by atoms with Crippen molar-refractivity contribution in [2.24, 2.45) is 0 Å². The van der Waals surface area contributed by atoms with E-state index in [4.69, 9.17) is 0 Å². The lowest BCUT2D eigenvalue weighted by Gasteiger charge is -2.28. The molecule has 2 rings (SSSR count). The second-order valence-corrected chi connectivity index (χ2v) is 6.50. The van der Waals surface area contributed by atoms with Gasteiger partial charge in [0.1, 0.15) is 0 Å². The molecule has 0 amide bonds. The summed E-state index contributed by atoms with van der Waals surface area (Å²) in [5, 5.41) is 3.78. The van der Waals surface area contributed by atoms with Crippen LogP contribution >= 0.6 is 0 Å². The van der Waals surface area contributed by atoms with Gasteiger partial charge in [0.2, 0.25) is 0 Å². The number of anilines is 1. The number of nitrogens with one attached hydrogen (secondary N) is 1. The van der Waals surface area contributed by atoms with Crippen LogP contribution in [0.1, 0.15) is 63.5 Å². The van der Waals surface area contributed by atoms with E-state index in [1.54, 1.807) is 0 Å². The molecule has 0 saturated carbocycles. The first-order valence-electron chi connectivity index (χ1n) is 8.81. The maximum atomic E-state index is 3.78. The molecule has 1 N–H and O–H groups in total. The molecule has 1 unspecified atom stereocenters. The van der Waals surface area contributed by atoms with Gasteiger partial charge in [-0.05, 0) is 42.9 Å². The molecule has 0 saturated heterocycles. The van der Waals surface area contributed by atoms with Crippen molar-refractivity contribution in [1.29, 1.82) is 0 Å². The standard InChI is InChI=1S/C19H32N2/c1-4-6-10-18(8-5-2)20-15-16-11-12-19-17(14-16)9-7-13-21(19)3/h11-12,14,18,20H,4-10,13,15H2,1-3H3. The summed E-state index contributed by atoms with van der Waals surface area (Å²) >= 11 is 0. The van der Waals surface area contributed by atoms with E-state index in [1.807, 2.05) is 0 Å². The summed E-state index contributed by atoms with van der Waals surface area (Å²) in [6, 6.07) is 7.72. The first-order chi connectivity index (χ1) is 10.2. The summed E-state index contributed by atoms with van der Waals surface area (Å²) in [6.45, 7) is 6.78. The summed E-state index contributed by atoms with van der Waals surface area (Å²) in [4.78, 5) is 2.39. The lowest BCUT2D eigenvalue weighted by molar-refractivity contribution is 0.434. The Morgan fingerprint density at radius 1 is 1.19 bits per heavy atom. The van der Waals surface area contributed by atoms with Crippen molar-refractivity contribution >= 4 is 5.69 Å². The molecule has 2 nitrogen and oxygen atoms in total. The van der Waals surface area contributed by atoms with Crippen LogP contribution in [0.3, 0.4) is 0 Å². The molecular formula is C19H32N2. The molecule has 2 heteroatoms. The van der Waals surface area contributed by atoms with Gasteiger partial charge in [0, 0.05) is 31.9 Å². The third-order valence-electron chi connectivity index (χ3n) is 4.63. The van der Waals surface area contributed by atoms with Crippen molar-refractivity contribution in [3.63, 3.8) is 0 Å². The van der Waals surface area contributed by atoms with Crippen LogP contribution in [0.2, 0.25) is 0 Å². The summed E-state index contributed by atoms with van der Waals surface area (Å²) in [6.07, 6.45) is 9.05. The molecule has 21 heavy (non-hydrogen) atoms. The third kappa shape index (κ3) is 4.74. The first kappa shape index (κ1) is 16.4. The highest BCUT2D eigenvalue weighted by Gasteiger charge is 2.14. The number of aryl methyl sites for hydroxylation is 1. The van der Waals surface area contributed by atoms with Crippen molar-refractivity contribution in [2.75, 3.05) is 18.5 Å². The summed E-state index contributed by atoms with van der Waals surface area (Å²) in [5.41, 5.74) is 4.41. The van der Waals surface area contributed by atoms with Gasteiger partial charge in [-0.15, -0.1) is 0 Å². The highest BCUT2D eigenvalue weighted by molar-refractivity contribution is 5.56. The molecule has 0 fully saturated rings. The fourth-order valence-corrected chi connectivity index (χ4v) is 3.36. The predicted molar refractivity (Wildman–Crippen MR) is 93.1 cm³/mol. The number of rotatable bonds is 8. The van der Waals surface area contributed by atoms with Gasteiger partial charge >= 0.3 is 0 Å². The van der Waals surface area contributed by atoms with Crippen LogP contribution in [0, 0.1) is 0 Å². The van der Waals surface area contributed by atoms with E-state index < -0.39 is 0 Å². The molecule has 1 atom stereocenters. The van der Waals surface area contributed by atoms with Gasteiger partial charge in [-0.2, -0.15) is 0 Å². The molecule has 1 aromatic rings. The molecule has 0 aliphatic carbocycles. The molecule has 0 spiro atoms. The summed E-state index contributed by atoms with van der Waals surface area (Å²) in [7, 11) is 2.21. The van der Waals surface area contributed by atoms with Gasteiger partial charge in [0.05, 0.1) is 0 Å². The average Bonchev–Trinajstić information content (AvgIpc) is 2.50. The Labute approximate surface area is 130 Å². The fourth-order valence-electron chi connectivity index (χ4n) is 3.36. The van der Waals surface area contributed by atoms with E-state index in [1.165, 1.54) is 68.3 Å². The first-order valence-corrected chi connectivity index (χ1v) is 8.81. The second-order valence-electron chi connectivity index (χ2n) is 6.50. The molecule has 1 aliphatic heterocycles. The largest absolute Gasteiger partial charge is 0.374 e. The van der Waals surface area contributed by atoms with Crippen LogP contribution in [-0.4, -0.2) is 19.6 Å². The van der Waals surface area contributed by atoms with E-state index in [-0.39, 0.29) is 0 Å². The number of nitrogens with zero attached hydrogens (tertiary/aromatic N) is 1. The number of hydrogen-bond acceptors (Lipinski definition) is 2. The maximum Gasteiger partial charge on any atom is 0.0396 e. The van der Waals surface area contributed by atoms with Crippen LogP contribution in [0.4, 0.5) is 5.69 Å². The van der Waals surface area contributed by atoms with E-state index in [0.29, 0.717) is 6.04 Å². The molecule has 0 radical (unpaired) electrons. The smallest absolute Gasteiger partial charge is 0.0396 e. The van der Waals surface area contributed by atoms with Crippen molar-refractivity contribution < 1.29 is 0 Å². The highest BCUT2D eigenvalue weighted by atomic mass is 15.1. The van der Waals surface area contributed by atoms with E-state index in [0.717, 1.165) is 6.54 Å². The molecular weight excluding hydrogens is 256 g/mol. The minimum Gasteiger partial charge on any atom is -0.374 e. The van der Waals surface area contributed by atoms with Crippen molar-refractivity contribution in [3.8, 4) is 0 Å². The summed E-state index contributed by atoms with van der Waals surface area (Å²) in [5.74, 6) is 0. The van der Waals surface area contributed by atoms with Gasteiger partial charge in [-0.3, -0.25) is 0 Å². The lowest BCUT2D eigenvalue weighted by Crippen LogP contribution is -2.29. The number of hydrogen-bond donors (Lipinski definition) is 1. The van der Waals surface area contributed by atoms with Gasteiger partial charge < -0.3 is 10.2 Å². The Bertz CT molecular complexity index is 428. The Kier molecular flexibility index (Phi) is 6.56. The number of fused-ring (bicyclic) bond motifs is 1. The topological polar surface area (TPSA) is 15.3 Å². The van der Waals surface area contributed by atoms with Gasteiger partial charge in [-0.1, -0.05) is 45.2 Å². The Hall–Kier alpha value is -1.02. The van der Waals surface area contributed by atoms with Crippen LogP contribution < -0.4 is 10.2 Å². The highest BCUT2D eigenvalue weighted by Crippen LogP contribution is 2.26. The maximum absolute atomic E-state index is 3.78. The Morgan fingerprint density at radius 2 is 2.05 bits per heavy atom. The Balaban J connectivity index is 1.93. The van der Waals surface area contributed by atoms with E-state index in [9.17, 15) is 0 Å². The molecule has 0 bridgehead atoms. The zero-order chi connectivity index (χ0) is 15.1. The molecule has 1 heterocycles. The van der Waals surface area contributed by atoms with Crippen molar-refractivity contribution in [2.45, 2.75) is 71.4 Å². The molecule has 1 aliphatic rings. The summed E-state index contributed by atoms with van der Waals surface area (Å²) < 4.78 is 0. The third-order valence-corrected chi connectivity index (χ3v) is 4.63. The number of unbranched alkanes of at least 4 members (excludes halogenated alkanes) is 1. The second kappa shape index (κ2) is 8.43. The van der Waals surface area contributed by atoms with Crippen molar-refractivity contribution in [1.82, 2.24) is 5.32 Å². The van der Waals surface area contributed by atoms with Gasteiger partial charge in [0.25, 0.3) is 0 Å². The minimum atomic E-state index is 0.689. The van der Waals surface area contributed by atoms with Crippen LogP contribution in [0.25, 0.3) is 0 Å². The monoisotopic (exact) mass is 288 g/mol.